The number of aromatic nitrogens is 2. The molecule has 2 fully saturated rings. The van der Waals surface area contributed by atoms with Crippen LogP contribution in [0.25, 0.3) is 0 Å². The van der Waals surface area contributed by atoms with Crippen LogP contribution in [0.15, 0.2) is 36.4 Å². The van der Waals surface area contributed by atoms with E-state index in [2.05, 4.69) is 27.4 Å². The summed E-state index contributed by atoms with van der Waals surface area (Å²) in [6, 6.07) is 11.7. The predicted octanol–water partition coefficient (Wildman–Crippen LogP) is 1.74. The molecule has 1 aromatic carbocycles. The van der Waals surface area contributed by atoms with Crippen LogP contribution in [0.1, 0.15) is 28.9 Å². The van der Waals surface area contributed by atoms with Crippen LogP contribution in [0.4, 0.5) is 11.8 Å². The quantitative estimate of drug-likeness (QED) is 0.609. The fraction of sp³-hybridized carbons (Fsp3) is 0.429. The minimum atomic E-state index is -0.241. The third-order valence-electron chi connectivity index (χ3n) is 5.41. The Balaban J connectivity index is 1.55. The number of nitrogens with one attached hydrogen (secondary N) is 2. The van der Waals surface area contributed by atoms with E-state index < -0.39 is 0 Å². The Kier molecular flexibility index (Phi) is 5.80. The van der Waals surface area contributed by atoms with Crippen molar-refractivity contribution in [3.63, 3.8) is 0 Å². The first kappa shape index (κ1) is 20.1. The van der Waals surface area contributed by atoms with E-state index in [0.29, 0.717) is 43.9 Å². The first-order chi connectivity index (χ1) is 14.5. The van der Waals surface area contributed by atoms with Gasteiger partial charge < -0.3 is 10.2 Å². The molecule has 158 valence electrons. The highest BCUT2D eigenvalue weighted by Gasteiger charge is 2.28. The lowest BCUT2D eigenvalue weighted by Crippen LogP contribution is -2.33. The van der Waals surface area contributed by atoms with Crippen molar-refractivity contribution in [1.29, 1.82) is 5.41 Å². The zero-order chi connectivity index (χ0) is 21.1. The van der Waals surface area contributed by atoms with Gasteiger partial charge in [-0.25, -0.2) is 10.0 Å². The van der Waals surface area contributed by atoms with Crippen molar-refractivity contribution < 1.29 is 10.0 Å². The monoisotopic (exact) mass is 409 g/mol. The third kappa shape index (κ3) is 4.68. The average molecular weight is 409 g/mol. The molecule has 30 heavy (non-hydrogen) atoms. The molecule has 2 aliphatic rings. The maximum absolute atomic E-state index is 12.7. The van der Waals surface area contributed by atoms with Crippen LogP contribution in [0.2, 0.25) is 0 Å². The summed E-state index contributed by atoms with van der Waals surface area (Å²) in [7, 11) is 1.89. The molecule has 3 N–H and O–H groups in total. The van der Waals surface area contributed by atoms with Gasteiger partial charge in [0.2, 0.25) is 11.9 Å². The largest absolute Gasteiger partial charge is 0.350 e. The van der Waals surface area contributed by atoms with Crippen LogP contribution in [0, 0.1) is 11.3 Å². The molecule has 0 radical (unpaired) electrons. The summed E-state index contributed by atoms with van der Waals surface area (Å²) in [5.41, 5.74) is 1.48. The number of hydrogen-bond acceptors (Lipinski definition) is 6. The van der Waals surface area contributed by atoms with Crippen molar-refractivity contribution in [3.05, 3.63) is 47.7 Å². The number of hydrogen-bond donors (Lipinski definition) is 3. The zero-order valence-corrected chi connectivity index (χ0v) is 17.1. The Bertz CT molecular complexity index is 917. The van der Waals surface area contributed by atoms with Gasteiger partial charge in [-0.15, -0.1) is 0 Å². The third-order valence-corrected chi connectivity index (χ3v) is 5.41. The predicted molar refractivity (Wildman–Crippen MR) is 114 cm³/mol. The molecule has 1 aliphatic heterocycles. The molecule has 2 aromatic rings. The molecule has 9 nitrogen and oxygen atoms in total. The van der Waals surface area contributed by atoms with Crippen molar-refractivity contribution >= 4 is 23.6 Å². The minimum Gasteiger partial charge on any atom is -0.350 e. The fourth-order valence-corrected chi connectivity index (χ4v) is 3.31. The second kappa shape index (κ2) is 8.66. The Morgan fingerprint density at radius 2 is 2.03 bits per heavy atom. The molecular formula is C21H27N7O2. The van der Waals surface area contributed by atoms with Crippen LogP contribution >= 0.6 is 0 Å². The van der Waals surface area contributed by atoms with Gasteiger partial charge in [0.1, 0.15) is 11.5 Å². The summed E-state index contributed by atoms with van der Waals surface area (Å²) in [5.74, 6) is 1.12. The van der Waals surface area contributed by atoms with E-state index in [1.54, 1.807) is 11.0 Å². The molecule has 0 spiro atoms. The number of carbonyl (C=O) groups is 1. The van der Waals surface area contributed by atoms with Crippen molar-refractivity contribution in [2.45, 2.75) is 19.3 Å². The topological polar surface area (TPSA) is 109 Å². The minimum absolute atomic E-state index is 0.0593. The Morgan fingerprint density at radius 1 is 1.27 bits per heavy atom. The molecule has 4 rings (SSSR count). The Labute approximate surface area is 175 Å². The van der Waals surface area contributed by atoms with E-state index in [-0.39, 0.29) is 17.6 Å². The summed E-state index contributed by atoms with van der Waals surface area (Å²) < 4.78 is 0. The van der Waals surface area contributed by atoms with Crippen LogP contribution < -0.4 is 15.1 Å². The van der Waals surface area contributed by atoms with Crippen LogP contribution in [0.5, 0.6) is 0 Å². The van der Waals surface area contributed by atoms with Gasteiger partial charge in [-0.3, -0.25) is 20.3 Å². The van der Waals surface area contributed by atoms with Gasteiger partial charge in [-0.1, -0.05) is 30.3 Å². The van der Waals surface area contributed by atoms with Gasteiger partial charge in [-0.05, 0) is 30.7 Å². The van der Waals surface area contributed by atoms with Crippen molar-refractivity contribution in [2.75, 3.05) is 43.0 Å². The zero-order valence-electron chi connectivity index (χ0n) is 17.1. The van der Waals surface area contributed by atoms with Gasteiger partial charge in [0, 0.05) is 32.7 Å². The number of amides is 1. The summed E-state index contributed by atoms with van der Waals surface area (Å²) in [6.07, 6.45) is 3.12. The van der Waals surface area contributed by atoms with Crippen molar-refractivity contribution in [3.8, 4) is 0 Å². The lowest BCUT2D eigenvalue weighted by atomic mass is 10.1. The van der Waals surface area contributed by atoms with Crippen molar-refractivity contribution in [1.82, 2.24) is 20.3 Å². The lowest BCUT2D eigenvalue weighted by Gasteiger charge is -2.22. The standard InChI is InChI=1S/C21H27N7O2/c1-26(10-9-15-5-3-2-4-6-15)21-24-17(19(29)23-14-16-7-8-16)13-18(25-21)27-11-12-28(30)20(27)22/h2-6,13,16,22,30H,7-12,14H2,1H3,(H,23,29). The number of guanidine groups is 1. The molecule has 2 heterocycles. The van der Waals surface area contributed by atoms with Gasteiger partial charge in [0.25, 0.3) is 5.91 Å². The Morgan fingerprint density at radius 3 is 2.70 bits per heavy atom. The number of rotatable bonds is 8. The maximum Gasteiger partial charge on any atom is 0.270 e. The number of carbonyl (C=O) groups excluding carboxylic acids is 1. The Hall–Kier alpha value is -3.20. The maximum atomic E-state index is 12.7. The van der Waals surface area contributed by atoms with E-state index >= 15 is 0 Å². The summed E-state index contributed by atoms with van der Waals surface area (Å²) >= 11 is 0. The highest BCUT2D eigenvalue weighted by Crippen LogP contribution is 2.27. The van der Waals surface area contributed by atoms with E-state index in [4.69, 9.17) is 5.41 Å². The molecule has 1 saturated carbocycles. The SMILES string of the molecule is CN(CCc1ccccc1)c1nc(C(=O)NCC2CC2)cc(N2CCN(O)C2=N)n1. The van der Waals surface area contributed by atoms with Gasteiger partial charge in [0.15, 0.2) is 0 Å². The van der Waals surface area contributed by atoms with Gasteiger partial charge in [0.05, 0.1) is 6.54 Å². The highest BCUT2D eigenvalue weighted by atomic mass is 16.5. The highest BCUT2D eigenvalue weighted by molar-refractivity contribution is 5.97. The smallest absolute Gasteiger partial charge is 0.270 e. The van der Waals surface area contributed by atoms with E-state index in [1.807, 2.05) is 30.1 Å². The molecule has 9 heteroatoms. The molecule has 1 aliphatic carbocycles. The summed E-state index contributed by atoms with van der Waals surface area (Å²) in [5, 5.41) is 21.7. The second-order valence-electron chi connectivity index (χ2n) is 7.82. The average Bonchev–Trinajstić information content (AvgIpc) is 3.54. The fourth-order valence-electron chi connectivity index (χ4n) is 3.31. The number of hydroxylamine groups is 2. The number of likely N-dealkylation sites (N-methyl/N-ethyl adjacent to an activating group) is 1. The van der Waals surface area contributed by atoms with Crippen LogP contribution in [-0.4, -0.2) is 65.3 Å². The summed E-state index contributed by atoms with van der Waals surface area (Å²) in [4.78, 5) is 25.3. The van der Waals surface area contributed by atoms with E-state index in [9.17, 15) is 10.0 Å². The van der Waals surface area contributed by atoms with E-state index in [0.717, 1.165) is 24.3 Å². The van der Waals surface area contributed by atoms with Crippen LogP contribution in [0.3, 0.4) is 0 Å². The van der Waals surface area contributed by atoms with Gasteiger partial charge in [-0.2, -0.15) is 4.98 Å². The molecule has 1 amide bonds. The first-order valence-corrected chi connectivity index (χ1v) is 10.3. The molecule has 0 unspecified atom stereocenters. The van der Waals surface area contributed by atoms with Crippen molar-refractivity contribution in [2.24, 2.45) is 5.92 Å². The molecule has 1 saturated heterocycles. The number of benzene rings is 1. The normalized spacial score (nSPS) is 16.1. The lowest BCUT2D eigenvalue weighted by molar-refractivity contribution is -0.00202. The molecular weight excluding hydrogens is 382 g/mol. The first-order valence-electron chi connectivity index (χ1n) is 10.3. The van der Waals surface area contributed by atoms with Gasteiger partial charge >= 0.3 is 0 Å². The number of anilines is 2. The second-order valence-corrected chi connectivity index (χ2v) is 7.82. The summed E-state index contributed by atoms with van der Waals surface area (Å²) in [6.45, 7) is 2.06. The molecule has 0 atom stereocenters. The van der Waals surface area contributed by atoms with E-state index in [1.165, 1.54) is 5.56 Å². The molecule has 1 aromatic heterocycles. The number of nitrogens with zero attached hydrogens (tertiary/aromatic N) is 5. The van der Waals surface area contributed by atoms with Crippen LogP contribution in [-0.2, 0) is 6.42 Å². The molecule has 0 bridgehead atoms.